The summed E-state index contributed by atoms with van der Waals surface area (Å²) in [5.74, 6) is 0.544. The van der Waals surface area contributed by atoms with Crippen LogP contribution in [0.4, 0.5) is 0 Å². The maximum absolute atomic E-state index is 10.5. The molecule has 0 saturated heterocycles. The molecule has 18 heavy (non-hydrogen) atoms. The Labute approximate surface area is 111 Å². The van der Waals surface area contributed by atoms with Crippen LogP contribution in [0.3, 0.4) is 0 Å². The van der Waals surface area contributed by atoms with Crippen LogP contribution in [0.2, 0.25) is 5.02 Å². The monoisotopic (exact) mass is 266 g/mol. The fourth-order valence-electron chi connectivity index (χ4n) is 1.92. The van der Waals surface area contributed by atoms with Crippen molar-refractivity contribution in [2.45, 2.75) is 13.0 Å². The normalized spacial score (nSPS) is 12.5. The highest BCUT2D eigenvalue weighted by Crippen LogP contribution is 2.34. The van der Waals surface area contributed by atoms with E-state index in [2.05, 4.69) is 5.10 Å². The van der Waals surface area contributed by atoms with Crippen LogP contribution in [0.5, 0.6) is 5.75 Å². The number of aliphatic hydroxyl groups excluding tert-OH is 1. The third kappa shape index (κ3) is 2.09. The van der Waals surface area contributed by atoms with Crippen molar-refractivity contribution in [3.63, 3.8) is 0 Å². The van der Waals surface area contributed by atoms with Crippen molar-refractivity contribution in [3.8, 4) is 5.75 Å². The van der Waals surface area contributed by atoms with Crippen LogP contribution < -0.4 is 4.74 Å². The molecule has 0 aliphatic rings. The number of halogens is 1. The second kappa shape index (κ2) is 5.00. The van der Waals surface area contributed by atoms with Crippen LogP contribution in [-0.4, -0.2) is 22.0 Å². The van der Waals surface area contributed by atoms with Gasteiger partial charge in [-0.2, -0.15) is 5.10 Å². The van der Waals surface area contributed by atoms with Crippen molar-refractivity contribution in [1.29, 1.82) is 0 Å². The molecule has 1 aromatic carbocycles. The van der Waals surface area contributed by atoms with E-state index in [4.69, 9.17) is 16.3 Å². The number of hydrogen-bond acceptors (Lipinski definition) is 3. The van der Waals surface area contributed by atoms with Crippen LogP contribution in [-0.2, 0) is 7.05 Å². The van der Waals surface area contributed by atoms with E-state index in [9.17, 15) is 5.11 Å². The highest BCUT2D eigenvalue weighted by atomic mass is 35.5. The number of aryl methyl sites for hydroxylation is 2. The number of hydrogen-bond donors (Lipinski definition) is 1. The summed E-state index contributed by atoms with van der Waals surface area (Å²) in [4.78, 5) is 0. The van der Waals surface area contributed by atoms with Crippen LogP contribution in [0.1, 0.15) is 22.9 Å². The molecule has 0 bridgehead atoms. The average Bonchev–Trinajstić information content (AvgIpc) is 2.73. The van der Waals surface area contributed by atoms with Crippen molar-refractivity contribution in [3.05, 3.63) is 46.2 Å². The molecule has 0 aliphatic heterocycles. The number of nitrogens with zero attached hydrogens (tertiary/aromatic N) is 2. The molecule has 96 valence electrons. The molecule has 2 aromatic rings. The third-order valence-electron chi connectivity index (χ3n) is 2.94. The predicted molar refractivity (Wildman–Crippen MR) is 70.0 cm³/mol. The fourth-order valence-corrected chi connectivity index (χ4v) is 2.15. The molecule has 1 atom stereocenters. The Bertz CT molecular complexity index is 566. The number of aromatic nitrogens is 2. The van der Waals surface area contributed by atoms with Gasteiger partial charge in [0.05, 0.1) is 13.3 Å². The van der Waals surface area contributed by atoms with E-state index in [1.165, 1.54) is 0 Å². The largest absolute Gasteiger partial charge is 0.493 e. The molecule has 2 rings (SSSR count). The van der Waals surface area contributed by atoms with Gasteiger partial charge < -0.3 is 9.84 Å². The van der Waals surface area contributed by atoms with E-state index in [0.29, 0.717) is 22.0 Å². The number of ether oxygens (including phenoxy) is 1. The van der Waals surface area contributed by atoms with E-state index in [1.807, 2.05) is 19.1 Å². The zero-order valence-corrected chi connectivity index (χ0v) is 11.3. The van der Waals surface area contributed by atoms with E-state index in [1.54, 1.807) is 31.1 Å². The molecule has 0 amide bonds. The van der Waals surface area contributed by atoms with Crippen molar-refractivity contribution in [2.24, 2.45) is 7.05 Å². The first-order valence-corrected chi connectivity index (χ1v) is 5.93. The Kier molecular flexibility index (Phi) is 3.59. The second-order valence-electron chi connectivity index (χ2n) is 4.10. The van der Waals surface area contributed by atoms with E-state index < -0.39 is 6.10 Å². The van der Waals surface area contributed by atoms with Gasteiger partial charge in [-0.3, -0.25) is 4.68 Å². The van der Waals surface area contributed by atoms with Gasteiger partial charge in [0.1, 0.15) is 11.8 Å². The standard InChI is InChI=1S/C13H15ClN2O2/c1-8-5-4-6-9(11(8)14)13(17)12-10(18-3)7-15-16(12)2/h4-7,13,17H,1-3H3. The summed E-state index contributed by atoms with van der Waals surface area (Å²) in [6.45, 7) is 1.90. The van der Waals surface area contributed by atoms with Crippen molar-refractivity contribution in [1.82, 2.24) is 9.78 Å². The van der Waals surface area contributed by atoms with Gasteiger partial charge in [0.25, 0.3) is 0 Å². The lowest BCUT2D eigenvalue weighted by Crippen LogP contribution is -2.09. The first kappa shape index (κ1) is 12.9. The SMILES string of the molecule is COc1cnn(C)c1C(O)c1cccc(C)c1Cl. The molecule has 1 N–H and O–H groups in total. The van der Waals surface area contributed by atoms with Crippen LogP contribution in [0, 0.1) is 6.92 Å². The van der Waals surface area contributed by atoms with Gasteiger partial charge >= 0.3 is 0 Å². The summed E-state index contributed by atoms with van der Waals surface area (Å²) >= 11 is 6.22. The summed E-state index contributed by atoms with van der Waals surface area (Å²) in [6, 6.07) is 5.56. The third-order valence-corrected chi connectivity index (χ3v) is 3.46. The number of benzene rings is 1. The lowest BCUT2D eigenvalue weighted by atomic mass is 10.0. The number of rotatable bonds is 3. The Morgan fingerprint density at radius 3 is 2.83 bits per heavy atom. The highest BCUT2D eigenvalue weighted by molar-refractivity contribution is 6.32. The molecular weight excluding hydrogens is 252 g/mol. The first-order chi connectivity index (χ1) is 8.56. The predicted octanol–water partition coefficient (Wildman–Crippen LogP) is 2.47. The lowest BCUT2D eigenvalue weighted by Gasteiger charge is -2.15. The smallest absolute Gasteiger partial charge is 0.162 e. The van der Waals surface area contributed by atoms with Gasteiger partial charge in [-0.25, -0.2) is 0 Å². The lowest BCUT2D eigenvalue weighted by molar-refractivity contribution is 0.204. The minimum Gasteiger partial charge on any atom is -0.493 e. The van der Waals surface area contributed by atoms with Gasteiger partial charge in [0, 0.05) is 17.6 Å². The van der Waals surface area contributed by atoms with Crippen molar-refractivity contribution >= 4 is 11.6 Å². The average molecular weight is 267 g/mol. The molecule has 0 saturated carbocycles. The first-order valence-electron chi connectivity index (χ1n) is 5.55. The molecule has 0 radical (unpaired) electrons. The second-order valence-corrected chi connectivity index (χ2v) is 4.48. The quantitative estimate of drug-likeness (QED) is 0.928. The van der Waals surface area contributed by atoms with Crippen LogP contribution >= 0.6 is 11.6 Å². The molecule has 1 unspecified atom stereocenters. The molecule has 0 aliphatic carbocycles. The van der Waals surface area contributed by atoms with E-state index in [-0.39, 0.29) is 0 Å². The highest BCUT2D eigenvalue weighted by Gasteiger charge is 2.22. The number of methoxy groups -OCH3 is 1. The van der Waals surface area contributed by atoms with E-state index in [0.717, 1.165) is 5.56 Å². The van der Waals surface area contributed by atoms with Crippen molar-refractivity contribution in [2.75, 3.05) is 7.11 Å². The zero-order chi connectivity index (χ0) is 13.3. The summed E-state index contributed by atoms with van der Waals surface area (Å²) in [5.41, 5.74) is 2.16. The van der Waals surface area contributed by atoms with Crippen molar-refractivity contribution < 1.29 is 9.84 Å². The maximum Gasteiger partial charge on any atom is 0.162 e. The minimum absolute atomic E-state index is 0.544. The van der Waals surface area contributed by atoms with Gasteiger partial charge in [-0.1, -0.05) is 29.8 Å². The number of aliphatic hydroxyl groups is 1. The minimum atomic E-state index is -0.861. The zero-order valence-electron chi connectivity index (χ0n) is 10.5. The maximum atomic E-state index is 10.5. The molecule has 4 nitrogen and oxygen atoms in total. The van der Waals surface area contributed by atoms with Gasteiger partial charge in [0.2, 0.25) is 0 Å². The Morgan fingerprint density at radius 1 is 1.44 bits per heavy atom. The Hall–Kier alpha value is -1.52. The Morgan fingerprint density at radius 2 is 2.17 bits per heavy atom. The van der Waals surface area contributed by atoms with Gasteiger partial charge in [0.15, 0.2) is 5.75 Å². The van der Waals surface area contributed by atoms with Gasteiger partial charge in [-0.05, 0) is 12.5 Å². The summed E-state index contributed by atoms with van der Waals surface area (Å²) in [6.07, 6.45) is 0.710. The van der Waals surface area contributed by atoms with E-state index >= 15 is 0 Å². The van der Waals surface area contributed by atoms with Crippen LogP contribution in [0.15, 0.2) is 24.4 Å². The van der Waals surface area contributed by atoms with Gasteiger partial charge in [-0.15, -0.1) is 0 Å². The molecule has 1 aromatic heterocycles. The summed E-state index contributed by atoms with van der Waals surface area (Å²) in [5, 5.41) is 15.1. The summed E-state index contributed by atoms with van der Waals surface area (Å²) < 4.78 is 6.78. The molecular formula is C13H15ClN2O2. The van der Waals surface area contributed by atoms with Crippen LogP contribution in [0.25, 0.3) is 0 Å². The molecule has 0 fully saturated rings. The molecule has 0 spiro atoms. The Balaban J connectivity index is 2.51. The fraction of sp³-hybridized carbons (Fsp3) is 0.308. The topological polar surface area (TPSA) is 47.3 Å². The molecule has 5 heteroatoms. The molecule has 1 heterocycles. The summed E-state index contributed by atoms with van der Waals surface area (Å²) in [7, 11) is 3.30.